The monoisotopic (exact) mass is 277 g/mol. The Labute approximate surface area is 111 Å². The maximum absolute atomic E-state index is 12.8. The second kappa shape index (κ2) is 4.43. The number of nitrogens with zero attached hydrogens (tertiary/aromatic N) is 3. The third-order valence-electron chi connectivity index (χ3n) is 2.53. The van der Waals surface area contributed by atoms with Crippen molar-refractivity contribution in [3.05, 3.63) is 41.4 Å². The molecule has 0 bridgehead atoms. The molecule has 0 N–H and O–H groups in total. The van der Waals surface area contributed by atoms with Gasteiger partial charge >= 0.3 is 5.97 Å². The molecule has 3 aromatic rings. The standard InChI is InChI=1S/C12H8FN3O2S/c1-18-11(17)10-6-16-5-9(15-12(16)19-10)8-3-2-7(13)4-14-8/h2-6H,1H3. The maximum Gasteiger partial charge on any atom is 0.349 e. The quantitative estimate of drug-likeness (QED) is 0.675. The Balaban J connectivity index is 2.01. The summed E-state index contributed by atoms with van der Waals surface area (Å²) in [4.78, 5) is 20.8. The van der Waals surface area contributed by atoms with Crippen LogP contribution >= 0.6 is 11.3 Å². The van der Waals surface area contributed by atoms with Crippen LogP contribution in [0.4, 0.5) is 4.39 Å². The smallest absolute Gasteiger partial charge is 0.349 e. The number of fused-ring (bicyclic) bond motifs is 1. The minimum atomic E-state index is -0.392. The average molecular weight is 277 g/mol. The molecule has 0 saturated carbocycles. The normalized spacial score (nSPS) is 10.8. The molecule has 0 aliphatic heterocycles. The molecule has 96 valence electrons. The Hall–Kier alpha value is -2.28. The lowest BCUT2D eigenvalue weighted by atomic mass is 10.3. The van der Waals surface area contributed by atoms with E-state index in [1.165, 1.54) is 24.5 Å². The molecule has 0 unspecified atom stereocenters. The third kappa shape index (κ3) is 2.08. The highest BCUT2D eigenvalue weighted by atomic mass is 32.1. The van der Waals surface area contributed by atoms with Gasteiger partial charge in [-0.3, -0.25) is 9.38 Å². The first kappa shape index (κ1) is 11.8. The number of thiazole rings is 1. The van der Waals surface area contributed by atoms with Gasteiger partial charge in [0, 0.05) is 12.4 Å². The summed E-state index contributed by atoms with van der Waals surface area (Å²) < 4.78 is 19.1. The number of esters is 1. The van der Waals surface area contributed by atoms with Crippen LogP contribution in [0.3, 0.4) is 0 Å². The van der Waals surface area contributed by atoms with E-state index in [0.717, 1.165) is 6.20 Å². The predicted molar refractivity (Wildman–Crippen MR) is 67.6 cm³/mol. The van der Waals surface area contributed by atoms with Crippen LogP contribution in [-0.4, -0.2) is 27.4 Å². The summed E-state index contributed by atoms with van der Waals surface area (Å²) in [5.41, 5.74) is 1.21. The third-order valence-corrected chi connectivity index (χ3v) is 3.51. The Kier molecular flexibility index (Phi) is 2.75. The molecule has 0 amide bonds. The fourth-order valence-electron chi connectivity index (χ4n) is 1.64. The maximum atomic E-state index is 12.8. The largest absolute Gasteiger partial charge is 0.465 e. The molecule has 19 heavy (non-hydrogen) atoms. The molecule has 0 saturated heterocycles. The van der Waals surface area contributed by atoms with Crippen molar-refractivity contribution in [3.8, 4) is 11.4 Å². The van der Waals surface area contributed by atoms with E-state index >= 15 is 0 Å². The van der Waals surface area contributed by atoms with Crippen molar-refractivity contribution in [1.29, 1.82) is 0 Å². The van der Waals surface area contributed by atoms with Gasteiger partial charge < -0.3 is 4.74 Å². The van der Waals surface area contributed by atoms with Gasteiger partial charge in [-0.05, 0) is 12.1 Å². The van der Waals surface area contributed by atoms with Crippen LogP contribution in [-0.2, 0) is 4.74 Å². The molecule has 0 aliphatic carbocycles. The van der Waals surface area contributed by atoms with E-state index in [-0.39, 0.29) is 0 Å². The summed E-state index contributed by atoms with van der Waals surface area (Å²) in [6.45, 7) is 0. The van der Waals surface area contributed by atoms with Crippen LogP contribution in [0.2, 0.25) is 0 Å². The second-order valence-corrected chi connectivity index (χ2v) is 4.77. The number of halogens is 1. The molecule has 7 heteroatoms. The van der Waals surface area contributed by atoms with Gasteiger partial charge in [0.1, 0.15) is 16.4 Å². The van der Waals surface area contributed by atoms with Gasteiger partial charge in [-0.25, -0.2) is 14.2 Å². The van der Waals surface area contributed by atoms with Crippen LogP contribution < -0.4 is 0 Å². The molecule has 3 heterocycles. The highest BCUT2D eigenvalue weighted by molar-refractivity contribution is 7.18. The van der Waals surface area contributed by atoms with E-state index in [1.54, 1.807) is 22.9 Å². The average Bonchev–Trinajstić information content (AvgIpc) is 2.97. The SMILES string of the molecule is COC(=O)c1cn2cc(-c3ccc(F)cn3)nc2s1. The van der Waals surface area contributed by atoms with Crippen LogP contribution in [0.15, 0.2) is 30.7 Å². The molecule has 0 aromatic carbocycles. The number of carbonyl (C=O) groups is 1. The second-order valence-electron chi connectivity index (χ2n) is 3.76. The Morgan fingerprint density at radius 2 is 2.21 bits per heavy atom. The summed E-state index contributed by atoms with van der Waals surface area (Å²) in [5.74, 6) is -0.783. The Morgan fingerprint density at radius 1 is 1.37 bits per heavy atom. The Morgan fingerprint density at radius 3 is 2.84 bits per heavy atom. The molecular formula is C12H8FN3O2S. The minimum Gasteiger partial charge on any atom is -0.465 e. The van der Waals surface area contributed by atoms with Crippen LogP contribution in [0.5, 0.6) is 0 Å². The molecule has 3 rings (SSSR count). The zero-order valence-electron chi connectivity index (χ0n) is 9.83. The zero-order chi connectivity index (χ0) is 13.4. The number of imidazole rings is 1. The molecule has 0 fully saturated rings. The lowest BCUT2D eigenvalue weighted by Crippen LogP contribution is -1.97. The number of carbonyl (C=O) groups excluding carboxylic acids is 1. The van der Waals surface area contributed by atoms with Gasteiger partial charge in [0.15, 0.2) is 4.96 Å². The van der Waals surface area contributed by atoms with Gasteiger partial charge in [0.2, 0.25) is 0 Å². The molecule has 0 radical (unpaired) electrons. The van der Waals surface area contributed by atoms with Crippen molar-refractivity contribution in [2.24, 2.45) is 0 Å². The van der Waals surface area contributed by atoms with Crippen molar-refractivity contribution in [1.82, 2.24) is 14.4 Å². The first-order valence-corrected chi connectivity index (χ1v) is 6.18. The van der Waals surface area contributed by atoms with Gasteiger partial charge in [0.05, 0.1) is 19.0 Å². The van der Waals surface area contributed by atoms with Crippen molar-refractivity contribution < 1.29 is 13.9 Å². The van der Waals surface area contributed by atoms with Crippen molar-refractivity contribution >= 4 is 22.3 Å². The van der Waals surface area contributed by atoms with Gasteiger partial charge in [0.25, 0.3) is 0 Å². The summed E-state index contributed by atoms with van der Waals surface area (Å²) in [6.07, 6.45) is 4.52. The number of aromatic nitrogens is 3. The van der Waals surface area contributed by atoms with E-state index in [2.05, 4.69) is 14.7 Å². The molecular weight excluding hydrogens is 269 g/mol. The molecule has 0 spiro atoms. The van der Waals surface area contributed by atoms with Gasteiger partial charge in [-0.1, -0.05) is 11.3 Å². The van der Waals surface area contributed by atoms with Crippen LogP contribution in [0.1, 0.15) is 9.67 Å². The van der Waals surface area contributed by atoms with Gasteiger partial charge in [-0.15, -0.1) is 0 Å². The summed E-state index contributed by atoms with van der Waals surface area (Å²) >= 11 is 1.22. The number of hydrogen-bond donors (Lipinski definition) is 0. The fourth-order valence-corrected chi connectivity index (χ4v) is 2.53. The number of rotatable bonds is 2. The topological polar surface area (TPSA) is 56.5 Å². The Bertz CT molecular complexity index is 717. The van der Waals surface area contributed by atoms with Crippen molar-refractivity contribution in [3.63, 3.8) is 0 Å². The van der Waals surface area contributed by atoms with Crippen LogP contribution in [0, 0.1) is 5.82 Å². The summed E-state index contributed by atoms with van der Waals surface area (Å²) in [5, 5.41) is 0. The van der Waals surface area contributed by atoms with Crippen molar-refractivity contribution in [2.45, 2.75) is 0 Å². The first-order valence-electron chi connectivity index (χ1n) is 5.36. The van der Waals surface area contributed by atoms with E-state index in [0.29, 0.717) is 21.2 Å². The first-order chi connectivity index (χ1) is 9.17. The van der Waals surface area contributed by atoms with Crippen molar-refractivity contribution in [2.75, 3.05) is 7.11 Å². The minimum absolute atomic E-state index is 0.391. The van der Waals surface area contributed by atoms with Crippen LogP contribution in [0.25, 0.3) is 16.3 Å². The molecule has 0 atom stereocenters. The van der Waals surface area contributed by atoms with E-state index in [9.17, 15) is 9.18 Å². The fraction of sp³-hybridized carbons (Fsp3) is 0.0833. The highest BCUT2D eigenvalue weighted by Gasteiger charge is 2.13. The lowest BCUT2D eigenvalue weighted by molar-refractivity contribution is 0.0606. The summed E-state index contributed by atoms with van der Waals surface area (Å²) in [6, 6.07) is 2.89. The number of pyridine rings is 1. The van der Waals surface area contributed by atoms with E-state index in [1.807, 2.05) is 0 Å². The number of methoxy groups -OCH3 is 1. The lowest BCUT2D eigenvalue weighted by Gasteiger charge is -1.94. The summed E-state index contributed by atoms with van der Waals surface area (Å²) in [7, 11) is 1.33. The van der Waals surface area contributed by atoms with Gasteiger partial charge in [-0.2, -0.15) is 0 Å². The molecule has 0 aliphatic rings. The predicted octanol–water partition coefficient (Wildman–Crippen LogP) is 2.38. The zero-order valence-corrected chi connectivity index (χ0v) is 10.6. The molecule has 3 aromatic heterocycles. The number of hydrogen-bond acceptors (Lipinski definition) is 5. The number of ether oxygens (including phenoxy) is 1. The van der Waals surface area contributed by atoms with E-state index < -0.39 is 11.8 Å². The molecule has 5 nitrogen and oxygen atoms in total. The highest BCUT2D eigenvalue weighted by Crippen LogP contribution is 2.23. The van der Waals surface area contributed by atoms with E-state index in [4.69, 9.17) is 0 Å².